The van der Waals surface area contributed by atoms with Gasteiger partial charge >= 0.3 is 5.97 Å². The molecule has 1 aromatic carbocycles. The van der Waals surface area contributed by atoms with Gasteiger partial charge in [0, 0.05) is 18.2 Å². The molecule has 0 aliphatic heterocycles. The summed E-state index contributed by atoms with van der Waals surface area (Å²) in [6.45, 7) is 5.24. The van der Waals surface area contributed by atoms with Crippen LogP contribution in [0.1, 0.15) is 25.1 Å². The topological polar surface area (TPSA) is 92.2 Å². The van der Waals surface area contributed by atoms with Gasteiger partial charge in [-0.05, 0) is 37.6 Å². The van der Waals surface area contributed by atoms with Gasteiger partial charge in [0.25, 0.3) is 5.56 Å². The lowest BCUT2D eigenvalue weighted by atomic mass is 10.0. The molecule has 118 valence electrons. The number of rotatable bonds is 4. The van der Waals surface area contributed by atoms with Gasteiger partial charge < -0.3 is 14.5 Å². The van der Waals surface area contributed by atoms with E-state index in [1.165, 1.54) is 6.92 Å². The molecule has 0 radical (unpaired) electrons. The van der Waals surface area contributed by atoms with E-state index in [1.807, 2.05) is 13.0 Å². The number of aromatic amines is 1. The van der Waals surface area contributed by atoms with Crippen molar-refractivity contribution in [3.8, 4) is 28.7 Å². The van der Waals surface area contributed by atoms with Crippen LogP contribution in [0.3, 0.4) is 0 Å². The van der Waals surface area contributed by atoms with Gasteiger partial charge in [0.1, 0.15) is 11.6 Å². The summed E-state index contributed by atoms with van der Waals surface area (Å²) in [5, 5.41) is 9.23. The molecule has 0 fully saturated rings. The van der Waals surface area contributed by atoms with Crippen LogP contribution in [0.4, 0.5) is 0 Å². The maximum Gasteiger partial charge on any atom is 0.308 e. The third-order valence-corrected chi connectivity index (χ3v) is 3.09. The maximum absolute atomic E-state index is 11.9. The zero-order valence-corrected chi connectivity index (χ0v) is 13.1. The highest BCUT2D eigenvalue weighted by Gasteiger charge is 2.14. The highest BCUT2D eigenvalue weighted by Crippen LogP contribution is 2.33. The Morgan fingerprint density at radius 1 is 1.30 bits per heavy atom. The van der Waals surface area contributed by atoms with Gasteiger partial charge in [-0.15, -0.1) is 0 Å². The predicted molar refractivity (Wildman–Crippen MR) is 84.4 cm³/mol. The number of ether oxygens (including phenoxy) is 2. The molecule has 0 aliphatic carbocycles. The number of aryl methyl sites for hydroxylation is 1. The first-order valence-corrected chi connectivity index (χ1v) is 7.06. The van der Waals surface area contributed by atoms with Gasteiger partial charge in [-0.25, -0.2) is 0 Å². The lowest BCUT2D eigenvalue weighted by Gasteiger charge is -2.12. The first-order valence-electron chi connectivity index (χ1n) is 7.06. The van der Waals surface area contributed by atoms with Crippen LogP contribution in [0, 0.1) is 18.3 Å². The molecule has 0 spiro atoms. The van der Waals surface area contributed by atoms with E-state index in [0.29, 0.717) is 34.9 Å². The molecule has 0 amide bonds. The van der Waals surface area contributed by atoms with E-state index in [2.05, 4.69) is 4.98 Å². The van der Waals surface area contributed by atoms with Crippen LogP contribution < -0.4 is 15.0 Å². The standard InChI is InChI=1S/C17H16N2O4/c1-4-22-16-8-12(5-6-15(16)23-11(3)20)13-7-10(2)19-17(21)14(13)9-18/h5-8H,4H2,1-3H3,(H,19,21). The number of aromatic nitrogens is 1. The van der Waals surface area contributed by atoms with Crippen LogP contribution in [0.2, 0.25) is 0 Å². The number of hydrogen-bond acceptors (Lipinski definition) is 5. The van der Waals surface area contributed by atoms with Crippen LogP contribution in [-0.4, -0.2) is 17.6 Å². The number of nitrogens with zero attached hydrogens (tertiary/aromatic N) is 1. The van der Waals surface area contributed by atoms with Crippen molar-refractivity contribution in [3.63, 3.8) is 0 Å². The zero-order chi connectivity index (χ0) is 17.0. The molecule has 0 atom stereocenters. The molecule has 0 saturated heterocycles. The van der Waals surface area contributed by atoms with E-state index in [-0.39, 0.29) is 5.56 Å². The Hall–Kier alpha value is -3.07. The van der Waals surface area contributed by atoms with E-state index >= 15 is 0 Å². The van der Waals surface area contributed by atoms with Crippen molar-refractivity contribution in [3.05, 3.63) is 45.9 Å². The number of nitrogens with one attached hydrogen (secondary N) is 1. The summed E-state index contributed by atoms with van der Waals surface area (Å²) >= 11 is 0. The summed E-state index contributed by atoms with van der Waals surface area (Å²) in [5.74, 6) is 0.216. The van der Waals surface area contributed by atoms with Crippen LogP contribution in [0.25, 0.3) is 11.1 Å². The second kappa shape index (κ2) is 6.79. The number of esters is 1. The lowest BCUT2D eigenvalue weighted by molar-refractivity contribution is -0.132. The van der Waals surface area contributed by atoms with E-state index in [4.69, 9.17) is 9.47 Å². The molecular weight excluding hydrogens is 296 g/mol. The van der Waals surface area contributed by atoms with Gasteiger partial charge in [-0.3, -0.25) is 9.59 Å². The second-order valence-electron chi connectivity index (χ2n) is 4.87. The van der Waals surface area contributed by atoms with Gasteiger partial charge in [-0.2, -0.15) is 5.26 Å². The predicted octanol–water partition coefficient (Wildman–Crippen LogP) is 2.55. The average Bonchev–Trinajstić information content (AvgIpc) is 2.48. The molecule has 6 nitrogen and oxygen atoms in total. The average molecular weight is 312 g/mol. The Morgan fingerprint density at radius 3 is 2.65 bits per heavy atom. The molecular formula is C17H16N2O4. The first-order chi connectivity index (χ1) is 11.0. The first kappa shape index (κ1) is 16.3. The number of nitriles is 1. The van der Waals surface area contributed by atoms with Crippen LogP contribution in [0.5, 0.6) is 11.5 Å². The van der Waals surface area contributed by atoms with Gasteiger partial charge in [0.2, 0.25) is 0 Å². The van der Waals surface area contributed by atoms with Crippen molar-refractivity contribution in [2.24, 2.45) is 0 Å². The molecule has 0 unspecified atom stereocenters. The minimum Gasteiger partial charge on any atom is -0.490 e. The summed E-state index contributed by atoms with van der Waals surface area (Å²) in [4.78, 5) is 25.7. The molecule has 6 heteroatoms. The zero-order valence-electron chi connectivity index (χ0n) is 13.1. The number of H-pyrrole nitrogens is 1. The molecule has 0 aliphatic rings. The van der Waals surface area contributed by atoms with Crippen LogP contribution in [0.15, 0.2) is 29.1 Å². The van der Waals surface area contributed by atoms with E-state index in [0.717, 1.165) is 0 Å². The highest BCUT2D eigenvalue weighted by atomic mass is 16.6. The smallest absolute Gasteiger partial charge is 0.308 e. The minimum absolute atomic E-state index is 0.0262. The molecule has 2 aromatic rings. The molecule has 2 rings (SSSR count). The Labute approximate surface area is 133 Å². The quantitative estimate of drug-likeness (QED) is 0.692. The minimum atomic E-state index is -0.455. The summed E-state index contributed by atoms with van der Waals surface area (Å²) < 4.78 is 10.6. The summed E-state index contributed by atoms with van der Waals surface area (Å²) in [7, 11) is 0. The number of pyridine rings is 1. The molecule has 0 saturated carbocycles. The Kier molecular flexibility index (Phi) is 4.82. The molecule has 23 heavy (non-hydrogen) atoms. The van der Waals surface area contributed by atoms with Gasteiger partial charge in [-0.1, -0.05) is 6.07 Å². The largest absolute Gasteiger partial charge is 0.490 e. The van der Waals surface area contributed by atoms with Crippen molar-refractivity contribution in [1.82, 2.24) is 4.98 Å². The number of carbonyl (C=O) groups excluding carboxylic acids is 1. The van der Waals surface area contributed by atoms with Crippen molar-refractivity contribution < 1.29 is 14.3 Å². The highest BCUT2D eigenvalue weighted by molar-refractivity contribution is 5.75. The fourth-order valence-electron chi connectivity index (χ4n) is 2.21. The molecule has 1 N–H and O–H groups in total. The van der Waals surface area contributed by atoms with Crippen molar-refractivity contribution >= 4 is 5.97 Å². The number of hydrogen-bond donors (Lipinski definition) is 1. The Morgan fingerprint density at radius 2 is 2.04 bits per heavy atom. The maximum atomic E-state index is 11.9. The van der Waals surface area contributed by atoms with Crippen LogP contribution >= 0.6 is 0 Å². The third kappa shape index (κ3) is 3.58. The SMILES string of the molecule is CCOc1cc(-c2cc(C)[nH]c(=O)c2C#N)ccc1OC(C)=O. The third-order valence-electron chi connectivity index (χ3n) is 3.09. The Bertz CT molecular complexity index is 847. The van der Waals surface area contributed by atoms with Crippen LogP contribution in [-0.2, 0) is 4.79 Å². The van der Waals surface area contributed by atoms with E-state index in [9.17, 15) is 14.9 Å². The number of benzene rings is 1. The number of carbonyl (C=O) groups is 1. The monoisotopic (exact) mass is 312 g/mol. The molecule has 0 bridgehead atoms. The van der Waals surface area contributed by atoms with Crippen molar-refractivity contribution in [2.75, 3.05) is 6.61 Å². The van der Waals surface area contributed by atoms with E-state index in [1.54, 1.807) is 31.2 Å². The van der Waals surface area contributed by atoms with E-state index < -0.39 is 11.5 Å². The normalized spacial score (nSPS) is 10.0. The fraction of sp³-hybridized carbons (Fsp3) is 0.235. The Balaban J connectivity index is 2.62. The summed E-state index contributed by atoms with van der Waals surface area (Å²) in [6.07, 6.45) is 0. The fourth-order valence-corrected chi connectivity index (χ4v) is 2.21. The van der Waals surface area contributed by atoms with Gasteiger partial charge in [0.15, 0.2) is 11.5 Å². The van der Waals surface area contributed by atoms with Gasteiger partial charge in [0.05, 0.1) is 6.61 Å². The lowest BCUT2D eigenvalue weighted by Crippen LogP contribution is -2.12. The molecule has 1 aromatic heterocycles. The van der Waals surface area contributed by atoms with Crippen molar-refractivity contribution in [2.45, 2.75) is 20.8 Å². The van der Waals surface area contributed by atoms with Crippen molar-refractivity contribution in [1.29, 1.82) is 5.26 Å². The summed E-state index contributed by atoms with van der Waals surface area (Å²) in [5.41, 5.74) is 1.37. The molecule has 1 heterocycles. The summed E-state index contributed by atoms with van der Waals surface area (Å²) in [6, 6.07) is 8.55. The second-order valence-corrected chi connectivity index (χ2v) is 4.87.